The quantitative estimate of drug-likeness (QED) is 0.731. The summed E-state index contributed by atoms with van der Waals surface area (Å²) in [6.07, 6.45) is 1.13. The van der Waals surface area contributed by atoms with Crippen LogP contribution in [0.2, 0.25) is 0 Å². The number of amides is 1. The molecule has 0 saturated heterocycles. The molecule has 2 rings (SSSR count). The van der Waals surface area contributed by atoms with Crippen LogP contribution in [-0.4, -0.2) is 30.2 Å². The molecule has 2 aromatic carbocycles. The van der Waals surface area contributed by atoms with Gasteiger partial charge < -0.3 is 19.9 Å². The maximum absolute atomic E-state index is 12.2. The molecule has 0 heterocycles. The minimum Gasteiger partial charge on any atom is -0.494 e. The Morgan fingerprint density at radius 3 is 2.48 bits per heavy atom. The molecule has 0 aromatic heterocycles. The lowest BCUT2D eigenvalue weighted by Gasteiger charge is -2.09. The number of aliphatic carboxylic acids is 1. The van der Waals surface area contributed by atoms with E-state index < -0.39 is 12.6 Å². The van der Waals surface area contributed by atoms with Crippen molar-refractivity contribution >= 4 is 17.6 Å². The Labute approximate surface area is 146 Å². The van der Waals surface area contributed by atoms with Gasteiger partial charge in [0.1, 0.15) is 11.5 Å². The summed E-state index contributed by atoms with van der Waals surface area (Å²) in [6, 6.07) is 14.0. The van der Waals surface area contributed by atoms with E-state index >= 15 is 0 Å². The molecule has 0 bridgehead atoms. The maximum atomic E-state index is 12.2. The van der Waals surface area contributed by atoms with E-state index in [1.807, 2.05) is 31.2 Å². The summed E-state index contributed by atoms with van der Waals surface area (Å²) < 4.78 is 10.7. The van der Waals surface area contributed by atoms with E-state index in [4.69, 9.17) is 14.6 Å². The number of carboxylic acid groups (broad SMARTS) is 1. The molecule has 25 heavy (non-hydrogen) atoms. The fourth-order valence-corrected chi connectivity index (χ4v) is 2.16. The monoisotopic (exact) mass is 343 g/mol. The van der Waals surface area contributed by atoms with Crippen molar-refractivity contribution < 1.29 is 24.2 Å². The second-order valence-electron chi connectivity index (χ2n) is 5.43. The zero-order valence-electron chi connectivity index (χ0n) is 14.0. The zero-order valence-corrected chi connectivity index (χ0v) is 14.0. The van der Waals surface area contributed by atoms with Gasteiger partial charge in [-0.3, -0.25) is 4.79 Å². The predicted octanol–water partition coefficient (Wildman–Crippen LogP) is 3.12. The van der Waals surface area contributed by atoms with Gasteiger partial charge >= 0.3 is 5.97 Å². The highest BCUT2D eigenvalue weighted by Gasteiger charge is 2.07. The Morgan fingerprint density at radius 1 is 1.04 bits per heavy atom. The third kappa shape index (κ3) is 6.55. The van der Waals surface area contributed by atoms with Crippen molar-refractivity contribution in [1.29, 1.82) is 0 Å². The standard InChI is InChI=1S/C19H21NO5/c1-2-9-24-16-7-3-5-14(10-16)11-18(21)20-15-6-4-8-17(12-15)25-13-19(22)23/h3-8,10,12H,2,9,11,13H2,1H3,(H,20,21)(H,22,23). The second-order valence-corrected chi connectivity index (χ2v) is 5.43. The number of benzene rings is 2. The molecular weight excluding hydrogens is 322 g/mol. The summed E-state index contributed by atoms with van der Waals surface area (Å²) in [6.45, 7) is 2.24. The number of carbonyl (C=O) groups is 2. The van der Waals surface area contributed by atoms with E-state index in [1.165, 1.54) is 0 Å². The van der Waals surface area contributed by atoms with Crippen LogP contribution >= 0.6 is 0 Å². The van der Waals surface area contributed by atoms with Crippen LogP contribution < -0.4 is 14.8 Å². The SMILES string of the molecule is CCCOc1cccc(CC(=O)Nc2cccc(OCC(=O)O)c2)c1. The number of hydrogen-bond donors (Lipinski definition) is 2. The summed E-state index contributed by atoms with van der Waals surface area (Å²) >= 11 is 0. The highest BCUT2D eigenvalue weighted by molar-refractivity contribution is 5.92. The zero-order chi connectivity index (χ0) is 18.1. The molecule has 0 atom stereocenters. The summed E-state index contributed by atoms with van der Waals surface area (Å²) in [5.74, 6) is -0.103. The van der Waals surface area contributed by atoms with Gasteiger partial charge in [-0.05, 0) is 36.2 Å². The van der Waals surface area contributed by atoms with E-state index in [0.717, 1.165) is 17.7 Å². The van der Waals surface area contributed by atoms with Crippen molar-refractivity contribution in [2.24, 2.45) is 0 Å². The smallest absolute Gasteiger partial charge is 0.341 e. The summed E-state index contributed by atoms with van der Waals surface area (Å²) in [7, 11) is 0. The average molecular weight is 343 g/mol. The van der Waals surface area contributed by atoms with Gasteiger partial charge in [0.25, 0.3) is 0 Å². The van der Waals surface area contributed by atoms with Crippen molar-refractivity contribution in [3.63, 3.8) is 0 Å². The van der Waals surface area contributed by atoms with E-state index in [2.05, 4.69) is 5.32 Å². The molecule has 0 unspecified atom stereocenters. The highest BCUT2D eigenvalue weighted by atomic mass is 16.5. The highest BCUT2D eigenvalue weighted by Crippen LogP contribution is 2.18. The number of nitrogens with one attached hydrogen (secondary N) is 1. The van der Waals surface area contributed by atoms with Crippen LogP contribution in [0.1, 0.15) is 18.9 Å². The molecule has 2 N–H and O–H groups in total. The Bertz CT molecular complexity index is 729. The lowest BCUT2D eigenvalue weighted by atomic mass is 10.1. The number of hydrogen-bond acceptors (Lipinski definition) is 4. The van der Waals surface area contributed by atoms with Crippen LogP contribution in [0.3, 0.4) is 0 Å². The van der Waals surface area contributed by atoms with Crippen LogP contribution in [0.15, 0.2) is 48.5 Å². The van der Waals surface area contributed by atoms with Gasteiger partial charge in [-0.15, -0.1) is 0 Å². The van der Waals surface area contributed by atoms with Gasteiger partial charge in [0.2, 0.25) is 5.91 Å². The Kier molecular flexibility index (Phi) is 6.83. The van der Waals surface area contributed by atoms with Crippen molar-refractivity contribution in [1.82, 2.24) is 0 Å². The van der Waals surface area contributed by atoms with E-state index in [1.54, 1.807) is 24.3 Å². The van der Waals surface area contributed by atoms with E-state index in [0.29, 0.717) is 18.0 Å². The van der Waals surface area contributed by atoms with Gasteiger partial charge in [0.05, 0.1) is 13.0 Å². The average Bonchev–Trinajstić information content (AvgIpc) is 2.58. The molecule has 0 spiro atoms. The Hall–Kier alpha value is -3.02. The molecule has 0 radical (unpaired) electrons. The largest absolute Gasteiger partial charge is 0.494 e. The molecule has 0 aliphatic rings. The first-order chi connectivity index (χ1) is 12.1. The molecule has 1 amide bonds. The number of ether oxygens (including phenoxy) is 2. The molecule has 132 valence electrons. The van der Waals surface area contributed by atoms with E-state index in [-0.39, 0.29) is 12.3 Å². The first-order valence-corrected chi connectivity index (χ1v) is 8.03. The number of rotatable bonds is 9. The van der Waals surface area contributed by atoms with Crippen molar-refractivity contribution in [3.8, 4) is 11.5 Å². The molecule has 0 saturated carbocycles. The third-order valence-electron chi connectivity index (χ3n) is 3.22. The first-order valence-electron chi connectivity index (χ1n) is 8.03. The Morgan fingerprint density at radius 2 is 1.76 bits per heavy atom. The molecule has 6 heteroatoms. The fourth-order valence-electron chi connectivity index (χ4n) is 2.16. The lowest BCUT2D eigenvalue weighted by molar-refractivity contribution is -0.139. The fraction of sp³-hybridized carbons (Fsp3) is 0.263. The summed E-state index contributed by atoms with van der Waals surface area (Å²) in [4.78, 5) is 22.7. The van der Waals surface area contributed by atoms with Crippen molar-refractivity contribution in [2.75, 3.05) is 18.5 Å². The molecule has 6 nitrogen and oxygen atoms in total. The normalized spacial score (nSPS) is 10.1. The van der Waals surface area contributed by atoms with Gasteiger partial charge in [-0.25, -0.2) is 4.79 Å². The first kappa shape index (κ1) is 18.3. The van der Waals surface area contributed by atoms with Gasteiger partial charge in [0.15, 0.2) is 6.61 Å². The summed E-state index contributed by atoms with van der Waals surface area (Å²) in [5, 5.41) is 11.4. The number of anilines is 1. The van der Waals surface area contributed by atoms with Gasteiger partial charge in [-0.2, -0.15) is 0 Å². The predicted molar refractivity (Wildman–Crippen MR) is 94.1 cm³/mol. The van der Waals surface area contributed by atoms with Crippen LogP contribution in [0.25, 0.3) is 0 Å². The van der Waals surface area contributed by atoms with Crippen LogP contribution in [0.4, 0.5) is 5.69 Å². The van der Waals surface area contributed by atoms with Crippen molar-refractivity contribution in [2.45, 2.75) is 19.8 Å². The third-order valence-corrected chi connectivity index (χ3v) is 3.22. The van der Waals surface area contributed by atoms with Gasteiger partial charge in [-0.1, -0.05) is 25.1 Å². The number of carbonyl (C=O) groups excluding carboxylic acids is 1. The van der Waals surface area contributed by atoms with Gasteiger partial charge in [0, 0.05) is 11.8 Å². The van der Waals surface area contributed by atoms with Crippen LogP contribution in [0.5, 0.6) is 11.5 Å². The molecule has 0 aliphatic carbocycles. The number of carboxylic acids is 1. The molecule has 2 aromatic rings. The molecular formula is C19H21NO5. The summed E-state index contributed by atoms with van der Waals surface area (Å²) in [5.41, 5.74) is 1.40. The molecule has 0 aliphatic heterocycles. The lowest BCUT2D eigenvalue weighted by Crippen LogP contribution is -2.15. The van der Waals surface area contributed by atoms with E-state index in [9.17, 15) is 9.59 Å². The van der Waals surface area contributed by atoms with Crippen molar-refractivity contribution in [3.05, 3.63) is 54.1 Å². The molecule has 0 fully saturated rings. The minimum atomic E-state index is -1.06. The van der Waals surface area contributed by atoms with Crippen LogP contribution in [-0.2, 0) is 16.0 Å². The maximum Gasteiger partial charge on any atom is 0.341 e. The topological polar surface area (TPSA) is 84.9 Å². The second kappa shape index (κ2) is 9.32. The van der Waals surface area contributed by atoms with Crippen LogP contribution in [0, 0.1) is 0 Å². The Balaban J connectivity index is 1.93. The minimum absolute atomic E-state index is 0.178.